The van der Waals surface area contributed by atoms with Crippen molar-refractivity contribution in [1.29, 1.82) is 0 Å². The average Bonchev–Trinajstić information content (AvgIpc) is 2.87. The predicted octanol–water partition coefficient (Wildman–Crippen LogP) is 4.28. The normalized spacial score (nSPS) is 17.0. The van der Waals surface area contributed by atoms with Crippen LogP contribution in [0.15, 0.2) is 36.5 Å². The molecule has 2 aromatic rings. The molecule has 116 valence electrons. The first-order chi connectivity index (χ1) is 10.5. The van der Waals surface area contributed by atoms with Crippen LogP contribution in [0.1, 0.15) is 24.5 Å². The van der Waals surface area contributed by atoms with E-state index in [4.69, 9.17) is 4.98 Å². The van der Waals surface area contributed by atoms with Crippen LogP contribution in [0.2, 0.25) is 0 Å². The van der Waals surface area contributed by atoms with Gasteiger partial charge in [0.25, 0.3) is 0 Å². The van der Waals surface area contributed by atoms with Crippen LogP contribution in [0.4, 0.5) is 5.82 Å². The van der Waals surface area contributed by atoms with Crippen LogP contribution in [-0.4, -0.2) is 23.0 Å². The van der Waals surface area contributed by atoms with Gasteiger partial charge in [-0.25, -0.2) is 4.98 Å². The van der Waals surface area contributed by atoms with E-state index in [1.54, 1.807) is 0 Å². The lowest BCUT2D eigenvalue weighted by molar-refractivity contribution is 0.900. The lowest BCUT2D eigenvalue weighted by Gasteiger charge is -2.24. The fraction of sp³-hybridized carbons (Fsp3) is 0.389. The molecule has 3 rings (SSSR count). The number of aromatic nitrogens is 1. The molecule has 0 N–H and O–H groups in total. The molecule has 1 aromatic heterocycles. The quantitative estimate of drug-likeness (QED) is 0.781. The van der Waals surface area contributed by atoms with Gasteiger partial charge in [-0.1, -0.05) is 31.2 Å². The third-order valence-corrected chi connectivity index (χ3v) is 5.40. The van der Waals surface area contributed by atoms with E-state index in [9.17, 15) is 0 Å². The highest BCUT2D eigenvalue weighted by Crippen LogP contribution is 2.40. The summed E-state index contributed by atoms with van der Waals surface area (Å²) in [4.78, 5) is 7.38. The largest absolute Gasteiger partial charge is 0.355 e. The summed E-state index contributed by atoms with van der Waals surface area (Å²) in [7, 11) is 5.94. The SMILES string of the molecule is CCc1c(-c2ccccc2C)ccnc1N1CCC(P)(P)C1. The summed E-state index contributed by atoms with van der Waals surface area (Å²) in [6.45, 7) is 6.51. The van der Waals surface area contributed by atoms with Crippen LogP contribution in [0.25, 0.3) is 11.1 Å². The number of rotatable bonds is 3. The molecule has 1 saturated heterocycles. The number of benzene rings is 1. The monoisotopic (exact) mass is 330 g/mol. The Morgan fingerprint density at radius 2 is 1.95 bits per heavy atom. The Bertz CT molecular complexity index is 683. The van der Waals surface area contributed by atoms with E-state index in [0.717, 1.165) is 25.3 Å². The van der Waals surface area contributed by atoms with Gasteiger partial charge in [0.2, 0.25) is 0 Å². The molecule has 4 heteroatoms. The maximum absolute atomic E-state index is 4.72. The molecule has 0 radical (unpaired) electrons. The van der Waals surface area contributed by atoms with Crippen LogP contribution in [0.3, 0.4) is 0 Å². The van der Waals surface area contributed by atoms with Crippen molar-refractivity contribution in [1.82, 2.24) is 4.98 Å². The van der Waals surface area contributed by atoms with Crippen molar-refractivity contribution in [3.8, 4) is 11.1 Å². The lowest BCUT2D eigenvalue weighted by atomic mass is 9.95. The van der Waals surface area contributed by atoms with Gasteiger partial charge >= 0.3 is 0 Å². The van der Waals surface area contributed by atoms with Crippen molar-refractivity contribution < 1.29 is 0 Å². The number of aryl methyl sites for hydroxylation is 1. The molecule has 22 heavy (non-hydrogen) atoms. The summed E-state index contributed by atoms with van der Waals surface area (Å²) >= 11 is 0. The molecule has 0 spiro atoms. The first-order valence-corrected chi connectivity index (χ1v) is 9.04. The third-order valence-electron chi connectivity index (χ3n) is 4.45. The minimum atomic E-state index is 0.228. The van der Waals surface area contributed by atoms with Gasteiger partial charge in [0, 0.05) is 29.7 Å². The summed E-state index contributed by atoms with van der Waals surface area (Å²) in [6.07, 6.45) is 4.13. The highest BCUT2D eigenvalue weighted by molar-refractivity contribution is 7.40. The van der Waals surface area contributed by atoms with E-state index in [0.29, 0.717) is 0 Å². The second-order valence-corrected chi connectivity index (χ2v) is 9.20. The topological polar surface area (TPSA) is 16.1 Å². The van der Waals surface area contributed by atoms with Crippen molar-refractivity contribution in [2.75, 3.05) is 18.0 Å². The fourth-order valence-electron chi connectivity index (χ4n) is 3.27. The maximum Gasteiger partial charge on any atom is 0.132 e. The van der Waals surface area contributed by atoms with E-state index in [1.807, 2.05) is 6.20 Å². The Morgan fingerprint density at radius 3 is 2.59 bits per heavy atom. The second-order valence-electron chi connectivity index (χ2n) is 6.23. The standard InChI is InChI=1S/C18H24N2P2/c1-3-14-16(15-7-5-4-6-13(15)2)8-10-19-17(14)20-11-9-18(21,22)12-20/h4-8,10H,3,9,11-12,21-22H2,1-2H3. The predicted molar refractivity (Wildman–Crippen MR) is 103 cm³/mol. The van der Waals surface area contributed by atoms with Crippen molar-refractivity contribution >= 4 is 24.3 Å². The molecule has 1 fully saturated rings. The van der Waals surface area contributed by atoms with Gasteiger partial charge in [-0.15, -0.1) is 18.5 Å². The van der Waals surface area contributed by atoms with E-state index in [-0.39, 0.29) is 4.90 Å². The van der Waals surface area contributed by atoms with Crippen LogP contribution >= 0.6 is 18.5 Å². The first kappa shape index (κ1) is 15.9. The summed E-state index contributed by atoms with van der Waals surface area (Å²) in [5.74, 6) is 1.16. The summed E-state index contributed by atoms with van der Waals surface area (Å²) < 4.78 is 0. The molecule has 1 aromatic carbocycles. The van der Waals surface area contributed by atoms with E-state index < -0.39 is 0 Å². The molecule has 2 nitrogen and oxygen atoms in total. The first-order valence-electron chi connectivity index (χ1n) is 7.88. The van der Waals surface area contributed by atoms with Gasteiger partial charge in [-0.3, -0.25) is 0 Å². The van der Waals surface area contributed by atoms with Gasteiger partial charge in [-0.2, -0.15) is 0 Å². The van der Waals surface area contributed by atoms with E-state index in [1.165, 1.54) is 28.7 Å². The molecule has 0 saturated carbocycles. The van der Waals surface area contributed by atoms with Crippen molar-refractivity contribution in [3.63, 3.8) is 0 Å². The third kappa shape index (κ3) is 3.05. The maximum atomic E-state index is 4.72. The van der Waals surface area contributed by atoms with Crippen LogP contribution in [0.5, 0.6) is 0 Å². The Morgan fingerprint density at radius 1 is 1.18 bits per heavy atom. The number of hydrogen-bond acceptors (Lipinski definition) is 2. The van der Waals surface area contributed by atoms with Crippen LogP contribution in [0, 0.1) is 6.92 Å². The number of anilines is 1. The zero-order valence-corrected chi connectivity index (χ0v) is 15.7. The molecule has 2 atom stereocenters. The molecule has 1 aliphatic rings. The summed E-state index contributed by atoms with van der Waals surface area (Å²) in [6, 6.07) is 10.8. The zero-order valence-electron chi connectivity index (χ0n) is 13.3. The summed E-state index contributed by atoms with van der Waals surface area (Å²) in [5, 5.41) is 0. The van der Waals surface area contributed by atoms with Gasteiger partial charge in [0.1, 0.15) is 5.82 Å². The van der Waals surface area contributed by atoms with Crippen molar-refractivity contribution in [2.45, 2.75) is 31.6 Å². The van der Waals surface area contributed by atoms with E-state index >= 15 is 0 Å². The average molecular weight is 330 g/mol. The van der Waals surface area contributed by atoms with Gasteiger partial charge in [0.05, 0.1) is 0 Å². The van der Waals surface area contributed by atoms with Gasteiger partial charge in [-0.05, 0) is 42.5 Å². The number of nitrogens with zero attached hydrogens (tertiary/aromatic N) is 2. The Labute approximate surface area is 138 Å². The molecular weight excluding hydrogens is 306 g/mol. The van der Waals surface area contributed by atoms with Gasteiger partial charge in [0.15, 0.2) is 0 Å². The molecular formula is C18H24N2P2. The zero-order chi connectivity index (χ0) is 15.7. The van der Waals surface area contributed by atoms with Crippen molar-refractivity contribution in [3.05, 3.63) is 47.7 Å². The highest BCUT2D eigenvalue weighted by Gasteiger charge is 2.31. The Balaban J connectivity index is 2.07. The molecule has 0 amide bonds. The molecule has 2 heterocycles. The highest BCUT2D eigenvalue weighted by atomic mass is 31.1. The Hall–Kier alpha value is -0.970. The molecule has 2 unspecified atom stereocenters. The van der Waals surface area contributed by atoms with Crippen molar-refractivity contribution in [2.24, 2.45) is 0 Å². The fourth-order valence-corrected chi connectivity index (χ4v) is 3.97. The lowest BCUT2D eigenvalue weighted by Crippen LogP contribution is -2.25. The molecule has 1 aliphatic heterocycles. The Kier molecular flexibility index (Phi) is 4.53. The number of pyridine rings is 1. The van der Waals surface area contributed by atoms with Gasteiger partial charge < -0.3 is 4.90 Å². The van der Waals surface area contributed by atoms with Crippen LogP contribution < -0.4 is 4.90 Å². The second kappa shape index (κ2) is 6.26. The van der Waals surface area contributed by atoms with E-state index in [2.05, 4.69) is 67.6 Å². The molecule has 0 aliphatic carbocycles. The molecule has 0 bridgehead atoms. The minimum Gasteiger partial charge on any atom is -0.355 e. The van der Waals surface area contributed by atoms with Crippen LogP contribution in [-0.2, 0) is 6.42 Å². The number of hydrogen-bond donors (Lipinski definition) is 0. The minimum absolute atomic E-state index is 0.228. The smallest absolute Gasteiger partial charge is 0.132 e. The summed E-state index contributed by atoms with van der Waals surface area (Å²) in [5.41, 5.74) is 5.34.